The monoisotopic (exact) mass is 433 g/mol. The molecule has 0 aliphatic carbocycles. The van der Waals surface area contributed by atoms with E-state index in [1.165, 1.54) is 41.2 Å². The lowest BCUT2D eigenvalue weighted by atomic mass is 10.0. The van der Waals surface area contributed by atoms with Gasteiger partial charge in [0.05, 0.1) is 12.2 Å². The number of benzene rings is 1. The minimum atomic E-state index is 0.970. The minimum Gasteiger partial charge on any atom is -0.333 e. The van der Waals surface area contributed by atoms with E-state index in [1.807, 2.05) is 18.6 Å². The van der Waals surface area contributed by atoms with Crippen LogP contribution in [0, 0.1) is 0 Å². The highest BCUT2D eigenvalue weighted by Gasteiger charge is 2.13. The van der Waals surface area contributed by atoms with Crippen molar-refractivity contribution in [3.8, 4) is 0 Å². The molecule has 2 aromatic heterocycles. The molecule has 3 aliphatic heterocycles. The van der Waals surface area contributed by atoms with Crippen LogP contribution in [0.1, 0.15) is 28.2 Å². The maximum Gasteiger partial charge on any atom is 0.122 e. The van der Waals surface area contributed by atoms with Gasteiger partial charge in [-0.3, -0.25) is 4.90 Å². The lowest BCUT2D eigenvalue weighted by molar-refractivity contribution is 0.264. The summed E-state index contributed by atoms with van der Waals surface area (Å²) in [6.45, 7) is 7.65. The van der Waals surface area contributed by atoms with E-state index in [2.05, 4.69) is 79.6 Å². The molecule has 0 atom stereocenters. The van der Waals surface area contributed by atoms with Crippen LogP contribution in [0.25, 0.3) is 0 Å². The maximum absolute atomic E-state index is 4.23. The Hall–Kier alpha value is -2.61. The second-order valence-electron chi connectivity index (χ2n) is 9.01. The Morgan fingerprint density at radius 1 is 0.719 bits per heavy atom. The van der Waals surface area contributed by atoms with Crippen LogP contribution in [0.3, 0.4) is 0 Å². The molecule has 0 saturated carbocycles. The van der Waals surface area contributed by atoms with Gasteiger partial charge in [0.25, 0.3) is 0 Å². The first-order chi connectivity index (χ1) is 15.6. The molecular weight excluding hydrogens is 398 g/mol. The lowest BCUT2D eigenvalue weighted by Crippen LogP contribution is -2.30. The van der Waals surface area contributed by atoms with E-state index in [0.29, 0.717) is 0 Å². The second-order valence-corrected chi connectivity index (χ2v) is 9.01. The van der Waals surface area contributed by atoms with E-state index < -0.39 is 0 Å². The Morgan fingerprint density at radius 2 is 1.44 bits per heavy atom. The van der Waals surface area contributed by atoms with Crippen LogP contribution in [0.5, 0.6) is 0 Å². The SMILES string of the molecule is CN1CCc2ccccc2C1.CN1CCc2cncnc2C1.CN1CCn2ccnc2C1. The van der Waals surface area contributed by atoms with Gasteiger partial charge in [-0.05, 0) is 50.7 Å². The maximum atomic E-state index is 4.23. The standard InChI is InChI=1S/C10H13N.C8H11N3.C7H11N3/c1-11-7-6-9-4-2-3-5-10(9)8-11;1-11-3-2-7-4-9-6-10-8(7)5-11;1-9-4-5-10-3-2-8-7(10)6-9/h2-5H,6-8H2,1H3;4,6H,2-3,5H2,1H3;2-3H,4-6H2,1H3. The number of nitrogens with zero attached hydrogens (tertiary/aromatic N) is 7. The largest absolute Gasteiger partial charge is 0.333 e. The average Bonchev–Trinajstić information content (AvgIpc) is 3.27. The molecule has 5 heterocycles. The van der Waals surface area contributed by atoms with E-state index in [4.69, 9.17) is 0 Å². The molecule has 0 saturated heterocycles. The van der Waals surface area contributed by atoms with E-state index in [1.54, 1.807) is 6.33 Å². The minimum absolute atomic E-state index is 0.970. The first kappa shape index (κ1) is 22.6. The highest BCUT2D eigenvalue weighted by Crippen LogP contribution is 2.16. The molecule has 0 amide bonds. The number of likely N-dealkylation sites (N-methyl/N-ethyl adjacent to an activating group) is 3. The summed E-state index contributed by atoms with van der Waals surface area (Å²) >= 11 is 0. The van der Waals surface area contributed by atoms with Crippen LogP contribution in [-0.4, -0.2) is 75.0 Å². The Labute approximate surface area is 191 Å². The summed E-state index contributed by atoms with van der Waals surface area (Å²) in [6, 6.07) is 8.72. The summed E-state index contributed by atoms with van der Waals surface area (Å²) in [7, 11) is 6.42. The third kappa shape index (κ3) is 6.00. The number of fused-ring (bicyclic) bond motifs is 3. The molecule has 0 bridgehead atoms. The summed E-state index contributed by atoms with van der Waals surface area (Å²) in [5.41, 5.74) is 5.53. The fraction of sp³-hybridized carbons (Fsp3) is 0.480. The number of imidazole rings is 1. The van der Waals surface area contributed by atoms with Crippen molar-refractivity contribution in [2.75, 3.05) is 40.8 Å². The third-order valence-corrected chi connectivity index (χ3v) is 6.32. The van der Waals surface area contributed by atoms with Crippen molar-refractivity contribution < 1.29 is 0 Å². The molecule has 0 N–H and O–H groups in total. The fourth-order valence-electron chi connectivity index (χ4n) is 4.31. The van der Waals surface area contributed by atoms with Gasteiger partial charge in [-0.25, -0.2) is 15.0 Å². The van der Waals surface area contributed by atoms with Crippen molar-refractivity contribution in [2.24, 2.45) is 0 Å². The molecule has 3 aromatic rings. The van der Waals surface area contributed by atoms with Gasteiger partial charge < -0.3 is 14.4 Å². The van der Waals surface area contributed by atoms with Crippen molar-refractivity contribution in [1.29, 1.82) is 0 Å². The Bertz CT molecular complexity index is 944. The summed E-state index contributed by atoms with van der Waals surface area (Å²) in [6.07, 6.45) is 9.77. The lowest BCUT2D eigenvalue weighted by Gasteiger charge is -2.24. The van der Waals surface area contributed by atoms with Crippen molar-refractivity contribution in [2.45, 2.75) is 39.0 Å². The fourth-order valence-corrected chi connectivity index (χ4v) is 4.31. The van der Waals surface area contributed by atoms with Gasteiger partial charge in [-0.2, -0.15) is 0 Å². The number of rotatable bonds is 0. The van der Waals surface area contributed by atoms with E-state index in [-0.39, 0.29) is 0 Å². The van der Waals surface area contributed by atoms with Gasteiger partial charge in [-0.1, -0.05) is 24.3 Å². The molecule has 6 rings (SSSR count). The first-order valence-electron chi connectivity index (χ1n) is 11.5. The highest BCUT2D eigenvalue weighted by atomic mass is 15.2. The quantitative estimate of drug-likeness (QED) is 0.543. The molecule has 170 valence electrons. The topological polar surface area (TPSA) is 53.3 Å². The molecule has 1 aromatic carbocycles. The Morgan fingerprint density at radius 3 is 2.28 bits per heavy atom. The van der Waals surface area contributed by atoms with Crippen molar-refractivity contribution in [1.82, 2.24) is 34.2 Å². The summed E-state index contributed by atoms with van der Waals surface area (Å²) in [5, 5.41) is 0. The van der Waals surface area contributed by atoms with Crippen molar-refractivity contribution >= 4 is 0 Å². The van der Waals surface area contributed by atoms with E-state index in [9.17, 15) is 0 Å². The first-order valence-corrected chi connectivity index (χ1v) is 11.5. The molecule has 7 nitrogen and oxygen atoms in total. The molecule has 3 aliphatic rings. The van der Waals surface area contributed by atoms with Crippen LogP contribution in [0.15, 0.2) is 49.2 Å². The van der Waals surface area contributed by atoms with E-state index >= 15 is 0 Å². The van der Waals surface area contributed by atoms with Gasteiger partial charge in [0, 0.05) is 57.9 Å². The Kier molecular flexibility index (Phi) is 7.63. The van der Waals surface area contributed by atoms with Crippen LogP contribution < -0.4 is 0 Å². The van der Waals surface area contributed by atoms with Gasteiger partial charge in [0.2, 0.25) is 0 Å². The molecule has 0 unspecified atom stereocenters. The molecule has 0 spiro atoms. The zero-order valence-electron chi connectivity index (χ0n) is 19.6. The number of hydrogen-bond donors (Lipinski definition) is 0. The summed E-state index contributed by atoms with van der Waals surface area (Å²) < 4.78 is 2.21. The highest BCUT2D eigenvalue weighted by molar-refractivity contribution is 5.28. The summed E-state index contributed by atoms with van der Waals surface area (Å²) in [5.74, 6) is 1.19. The van der Waals surface area contributed by atoms with Gasteiger partial charge >= 0.3 is 0 Å². The predicted molar refractivity (Wildman–Crippen MR) is 127 cm³/mol. The van der Waals surface area contributed by atoms with Crippen LogP contribution in [0.2, 0.25) is 0 Å². The predicted octanol–water partition coefficient (Wildman–Crippen LogP) is 2.47. The second kappa shape index (κ2) is 10.8. The average molecular weight is 434 g/mol. The number of aromatic nitrogens is 4. The Balaban J connectivity index is 0.000000115. The third-order valence-electron chi connectivity index (χ3n) is 6.32. The molecule has 7 heteroatoms. The van der Waals surface area contributed by atoms with Gasteiger partial charge in [0.15, 0.2) is 0 Å². The van der Waals surface area contributed by atoms with E-state index in [0.717, 1.165) is 45.7 Å². The molecule has 32 heavy (non-hydrogen) atoms. The molecule has 0 fully saturated rings. The number of hydrogen-bond acceptors (Lipinski definition) is 6. The zero-order valence-corrected chi connectivity index (χ0v) is 19.6. The van der Waals surface area contributed by atoms with Crippen molar-refractivity contribution in [3.63, 3.8) is 0 Å². The zero-order chi connectivity index (χ0) is 22.3. The molecule has 0 radical (unpaired) electrons. The smallest absolute Gasteiger partial charge is 0.122 e. The van der Waals surface area contributed by atoms with Crippen LogP contribution in [0.4, 0.5) is 0 Å². The summed E-state index contributed by atoms with van der Waals surface area (Å²) in [4.78, 5) is 19.4. The normalized spacial score (nSPS) is 18.2. The van der Waals surface area contributed by atoms with Crippen molar-refractivity contribution in [3.05, 3.63) is 77.4 Å². The van der Waals surface area contributed by atoms with Crippen LogP contribution in [-0.2, 0) is 39.0 Å². The molecular formula is C25H35N7. The van der Waals surface area contributed by atoms with Gasteiger partial charge in [0.1, 0.15) is 12.2 Å². The van der Waals surface area contributed by atoms with Crippen LogP contribution >= 0.6 is 0 Å². The van der Waals surface area contributed by atoms with Gasteiger partial charge in [-0.15, -0.1) is 0 Å².